The molecule has 0 N–H and O–H groups in total. The average molecular weight is 262 g/mol. The van der Waals surface area contributed by atoms with Crippen LogP contribution in [0.5, 0.6) is 5.88 Å². The van der Waals surface area contributed by atoms with Crippen LogP contribution >= 0.6 is 11.6 Å². The van der Waals surface area contributed by atoms with Crippen molar-refractivity contribution in [1.29, 1.82) is 0 Å². The van der Waals surface area contributed by atoms with Gasteiger partial charge in [0.05, 0.1) is 7.11 Å². The van der Waals surface area contributed by atoms with Gasteiger partial charge in [-0.3, -0.25) is 0 Å². The maximum Gasteiger partial charge on any atom is 0.214 e. The molecule has 0 fully saturated rings. The molecule has 1 aromatic heterocycles. The summed E-state index contributed by atoms with van der Waals surface area (Å²) in [6.07, 6.45) is 0. The van der Waals surface area contributed by atoms with Gasteiger partial charge in [0.2, 0.25) is 5.88 Å². The summed E-state index contributed by atoms with van der Waals surface area (Å²) in [5.41, 5.74) is 5.97. The molecule has 18 heavy (non-hydrogen) atoms. The van der Waals surface area contributed by atoms with Gasteiger partial charge in [-0.1, -0.05) is 29.3 Å². The lowest BCUT2D eigenvalue weighted by Gasteiger charge is -2.12. The van der Waals surface area contributed by atoms with Crippen molar-refractivity contribution in [3.8, 4) is 17.0 Å². The van der Waals surface area contributed by atoms with Crippen LogP contribution in [0.25, 0.3) is 11.1 Å². The van der Waals surface area contributed by atoms with Gasteiger partial charge in [0.15, 0.2) is 0 Å². The maximum absolute atomic E-state index is 6.02. The van der Waals surface area contributed by atoms with E-state index in [2.05, 4.69) is 37.9 Å². The van der Waals surface area contributed by atoms with Crippen LogP contribution in [0.2, 0.25) is 5.15 Å². The molecule has 0 aliphatic rings. The molecule has 1 heterocycles. The van der Waals surface area contributed by atoms with Gasteiger partial charge in [-0.2, -0.15) is 0 Å². The third-order valence-corrected chi connectivity index (χ3v) is 3.14. The summed E-state index contributed by atoms with van der Waals surface area (Å²) < 4.78 is 5.17. The van der Waals surface area contributed by atoms with Crippen LogP contribution < -0.4 is 4.74 Å². The lowest BCUT2D eigenvalue weighted by Crippen LogP contribution is -1.93. The number of aryl methyl sites for hydroxylation is 3. The lowest BCUT2D eigenvalue weighted by atomic mass is 9.94. The fraction of sp³-hybridized carbons (Fsp3) is 0.267. The van der Waals surface area contributed by atoms with E-state index < -0.39 is 0 Å². The first-order chi connectivity index (χ1) is 8.51. The number of nitrogens with zero attached hydrogens (tertiary/aromatic N) is 1. The Kier molecular flexibility index (Phi) is 3.58. The third kappa shape index (κ3) is 2.49. The minimum Gasteiger partial charge on any atom is -0.481 e. The Morgan fingerprint density at radius 3 is 2.17 bits per heavy atom. The largest absolute Gasteiger partial charge is 0.481 e. The SMILES string of the molecule is COc1cc(-c2c(C)cc(C)cc2C)cc(Cl)n1. The molecule has 2 rings (SSSR count). The zero-order valence-corrected chi connectivity index (χ0v) is 11.8. The van der Waals surface area contributed by atoms with E-state index in [-0.39, 0.29) is 0 Å². The monoisotopic (exact) mass is 261 g/mol. The van der Waals surface area contributed by atoms with Crippen LogP contribution in [0.1, 0.15) is 16.7 Å². The minimum absolute atomic E-state index is 0.448. The van der Waals surface area contributed by atoms with Gasteiger partial charge < -0.3 is 4.74 Å². The number of hydrogen-bond donors (Lipinski definition) is 0. The first-order valence-corrected chi connectivity index (χ1v) is 6.19. The van der Waals surface area contributed by atoms with Crippen molar-refractivity contribution in [2.24, 2.45) is 0 Å². The Balaban J connectivity index is 2.65. The van der Waals surface area contributed by atoms with Crippen LogP contribution in [0.4, 0.5) is 0 Å². The maximum atomic E-state index is 6.02. The summed E-state index contributed by atoms with van der Waals surface area (Å²) in [6.45, 7) is 6.32. The van der Waals surface area contributed by atoms with E-state index in [1.807, 2.05) is 12.1 Å². The molecule has 94 valence electrons. The molecule has 0 aliphatic carbocycles. The van der Waals surface area contributed by atoms with Gasteiger partial charge in [-0.05, 0) is 49.1 Å². The van der Waals surface area contributed by atoms with Crippen LogP contribution in [0, 0.1) is 20.8 Å². The number of hydrogen-bond acceptors (Lipinski definition) is 2. The lowest BCUT2D eigenvalue weighted by molar-refractivity contribution is 0.398. The van der Waals surface area contributed by atoms with E-state index in [1.54, 1.807) is 7.11 Å². The highest BCUT2D eigenvalue weighted by Crippen LogP contribution is 2.31. The number of halogens is 1. The van der Waals surface area contributed by atoms with E-state index >= 15 is 0 Å². The first kappa shape index (κ1) is 12.9. The number of pyridine rings is 1. The first-order valence-electron chi connectivity index (χ1n) is 5.81. The van der Waals surface area contributed by atoms with Crippen molar-refractivity contribution >= 4 is 11.6 Å². The van der Waals surface area contributed by atoms with Crippen molar-refractivity contribution in [2.45, 2.75) is 20.8 Å². The van der Waals surface area contributed by atoms with Crippen LogP contribution in [0.15, 0.2) is 24.3 Å². The summed E-state index contributed by atoms with van der Waals surface area (Å²) >= 11 is 6.02. The molecule has 0 spiro atoms. The highest BCUT2D eigenvalue weighted by Gasteiger charge is 2.09. The number of ether oxygens (including phenoxy) is 1. The van der Waals surface area contributed by atoms with Gasteiger partial charge in [-0.25, -0.2) is 4.98 Å². The fourth-order valence-corrected chi connectivity index (χ4v) is 2.56. The second-order valence-corrected chi connectivity index (χ2v) is 4.88. The zero-order chi connectivity index (χ0) is 13.3. The van der Waals surface area contributed by atoms with E-state index in [1.165, 1.54) is 22.3 Å². The Labute approximate surface area is 113 Å². The molecule has 0 bridgehead atoms. The van der Waals surface area contributed by atoms with E-state index in [0.717, 1.165) is 5.56 Å². The quantitative estimate of drug-likeness (QED) is 0.751. The second kappa shape index (κ2) is 4.99. The molecule has 0 radical (unpaired) electrons. The van der Waals surface area contributed by atoms with E-state index in [0.29, 0.717) is 11.0 Å². The topological polar surface area (TPSA) is 22.1 Å². The molecule has 0 saturated carbocycles. The van der Waals surface area contributed by atoms with E-state index in [4.69, 9.17) is 16.3 Å². The summed E-state index contributed by atoms with van der Waals surface area (Å²) in [7, 11) is 1.59. The molecule has 0 saturated heterocycles. The van der Waals surface area contributed by atoms with Crippen LogP contribution in [0.3, 0.4) is 0 Å². The fourth-order valence-electron chi connectivity index (χ4n) is 2.36. The predicted octanol–water partition coefficient (Wildman–Crippen LogP) is 4.34. The number of methoxy groups -OCH3 is 1. The van der Waals surface area contributed by atoms with Crippen molar-refractivity contribution in [3.63, 3.8) is 0 Å². The van der Waals surface area contributed by atoms with Crippen LogP contribution in [-0.4, -0.2) is 12.1 Å². The Bertz CT molecular complexity index is 570. The molecule has 0 unspecified atom stereocenters. The third-order valence-electron chi connectivity index (χ3n) is 2.95. The van der Waals surface area contributed by atoms with Crippen LogP contribution in [-0.2, 0) is 0 Å². The highest BCUT2D eigenvalue weighted by molar-refractivity contribution is 6.29. The molecule has 0 aliphatic heterocycles. The smallest absolute Gasteiger partial charge is 0.214 e. The molecular formula is C15H16ClNO. The summed E-state index contributed by atoms with van der Waals surface area (Å²) in [5.74, 6) is 0.539. The van der Waals surface area contributed by atoms with E-state index in [9.17, 15) is 0 Å². The normalized spacial score (nSPS) is 10.5. The summed E-state index contributed by atoms with van der Waals surface area (Å²) in [6, 6.07) is 8.12. The molecule has 2 aromatic rings. The highest BCUT2D eigenvalue weighted by atomic mass is 35.5. The number of aromatic nitrogens is 1. The van der Waals surface area contributed by atoms with Gasteiger partial charge in [0.1, 0.15) is 5.15 Å². The average Bonchev–Trinajstić information content (AvgIpc) is 2.26. The Morgan fingerprint density at radius 1 is 1.00 bits per heavy atom. The summed E-state index contributed by atoms with van der Waals surface area (Å²) in [4.78, 5) is 4.10. The molecular weight excluding hydrogens is 246 g/mol. The molecule has 2 nitrogen and oxygen atoms in total. The Hall–Kier alpha value is -1.54. The predicted molar refractivity (Wildman–Crippen MR) is 75.4 cm³/mol. The van der Waals surface area contributed by atoms with Gasteiger partial charge in [0, 0.05) is 6.07 Å². The minimum atomic E-state index is 0.448. The molecule has 0 atom stereocenters. The van der Waals surface area contributed by atoms with Gasteiger partial charge in [0.25, 0.3) is 0 Å². The number of benzene rings is 1. The van der Waals surface area contributed by atoms with Gasteiger partial charge in [-0.15, -0.1) is 0 Å². The Morgan fingerprint density at radius 2 is 1.61 bits per heavy atom. The summed E-state index contributed by atoms with van der Waals surface area (Å²) in [5, 5.41) is 0.448. The molecule has 3 heteroatoms. The van der Waals surface area contributed by atoms with Crippen molar-refractivity contribution in [3.05, 3.63) is 46.1 Å². The molecule has 0 amide bonds. The standard InChI is InChI=1S/C15H16ClNO/c1-9-5-10(2)15(11(3)6-9)12-7-13(16)17-14(8-12)18-4/h5-8H,1-4H3. The van der Waals surface area contributed by atoms with Crippen molar-refractivity contribution in [2.75, 3.05) is 7.11 Å². The second-order valence-electron chi connectivity index (χ2n) is 4.49. The molecule has 1 aromatic carbocycles. The van der Waals surface area contributed by atoms with Gasteiger partial charge >= 0.3 is 0 Å². The number of rotatable bonds is 2. The van der Waals surface area contributed by atoms with Crippen molar-refractivity contribution in [1.82, 2.24) is 4.98 Å². The zero-order valence-electron chi connectivity index (χ0n) is 11.0. The van der Waals surface area contributed by atoms with Crippen molar-refractivity contribution < 1.29 is 4.74 Å².